The number of ether oxygens (including phenoxy) is 1. The number of carbonyl (C=O) groups excluding carboxylic acids is 2. The normalized spacial score (nSPS) is 13.4. The van der Waals surface area contributed by atoms with Crippen molar-refractivity contribution in [1.82, 2.24) is 14.9 Å². The Kier molecular flexibility index (Phi) is 7.04. The maximum absolute atomic E-state index is 13.2. The fourth-order valence-electron chi connectivity index (χ4n) is 3.39. The highest BCUT2D eigenvalue weighted by molar-refractivity contribution is 6.07. The number of pyridine rings is 2. The highest BCUT2D eigenvalue weighted by Crippen LogP contribution is 2.30. The van der Waals surface area contributed by atoms with Gasteiger partial charge in [0.2, 0.25) is 5.91 Å². The summed E-state index contributed by atoms with van der Waals surface area (Å²) in [6.45, 7) is 5.53. The Morgan fingerprint density at radius 3 is 2.39 bits per heavy atom. The zero-order valence-electron chi connectivity index (χ0n) is 17.3. The van der Waals surface area contributed by atoms with Crippen molar-refractivity contribution in [2.24, 2.45) is 0 Å². The van der Waals surface area contributed by atoms with E-state index in [0.717, 1.165) is 16.8 Å². The molecule has 0 unspecified atom stereocenters. The molecule has 4 rings (SSSR count). The average Bonchev–Trinajstić information content (AvgIpc) is 2.75. The van der Waals surface area contributed by atoms with Gasteiger partial charge in [-0.05, 0) is 43.3 Å². The van der Waals surface area contributed by atoms with E-state index in [1.165, 1.54) is 6.92 Å². The first-order chi connectivity index (χ1) is 14.5. The van der Waals surface area contributed by atoms with Crippen LogP contribution in [0.25, 0.3) is 11.0 Å². The number of fused-ring (bicyclic) bond motifs is 1. The van der Waals surface area contributed by atoms with Gasteiger partial charge < -0.3 is 20.3 Å². The van der Waals surface area contributed by atoms with Crippen molar-refractivity contribution in [3.8, 4) is 0 Å². The molecule has 1 aliphatic heterocycles. The van der Waals surface area contributed by atoms with Crippen molar-refractivity contribution < 1.29 is 14.3 Å². The number of aryl methyl sites for hydroxylation is 1. The van der Waals surface area contributed by atoms with Crippen molar-refractivity contribution in [2.45, 2.75) is 13.8 Å². The number of nitrogens with one attached hydrogen (secondary N) is 2. The van der Waals surface area contributed by atoms with Gasteiger partial charge in [-0.15, -0.1) is 12.4 Å². The third-order valence-electron chi connectivity index (χ3n) is 4.87. The van der Waals surface area contributed by atoms with Crippen LogP contribution in [0.5, 0.6) is 0 Å². The number of hydrogen-bond donors (Lipinski definition) is 2. The van der Waals surface area contributed by atoms with Crippen LogP contribution in [0.4, 0.5) is 17.1 Å². The lowest BCUT2D eigenvalue weighted by Gasteiger charge is -2.27. The molecule has 2 aromatic heterocycles. The lowest BCUT2D eigenvalue weighted by Crippen LogP contribution is -2.41. The molecule has 3 aromatic rings. The summed E-state index contributed by atoms with van der Waals surface area (Å²) < 4.78 is 5.37. The van der Waals surface area contributed by atoms with Crippen LogP contribution in [0, 0.1) is 6.92 Å². The quantitative estimate of drug-likeness (QED) is 0.642. The van der Waals surface area contributed by atoms with E-state index in [0.29, 0.717) is 48.9 Å². The van der Waals surface area contributed by atoms with E-state index in [2.05, 4.69) is 20.6 Å². The summed E-state index contributed by atoms with van der Waals surface area (Å²) in [5, 5.41) is 6.88. The Morgan fingerprint density at radius 1 is 1.03 bits per heavy atom. The standard InChI is InChI=1S/C22H23N5O3.ClH/c1-14-3-8-18-20(26-17-6-4-16(5-7-17)25-15(2)28)19(13-23-21(18)24-14)22(29)27-9-11-30-12-10-27;/h3-8,13H,9-12H2,1-2H3,(H,25,28)(H,23,24,26);1H. The number of rotatable bonds is 4. The van der Waals surface area contributed by atoms with Crippen LogP contribution in [0.3, 0.4) is 0 Å². The molecule has 31 heavy (non-hydrogen) atoms. The molecule has 0 bridgehead atoms. The van der Waals surface area contributed by atoms with Crippen LogP contribution in [0.2, 0.25) is 0 Å². The third-order valence-corrected chi connectivity index (χ3v) is 4.87. The number of morpholine rings is 1. The molecule has 0 aliphatic carbocycles. The van der Waals surface area contributed by atoms with E-state index >= 15 is 0 Å². The molecule has 0 radical (unpaired) electrons. The average molecular weight is 442 g/mol. The minimum Gasteiger partial charge on any atom is -0.378 e. The molecular formula is C22H24ClN5O3. The molecule has 2 N–H and O–H groups in total. The number of amides is 2. The second-order valence-electron chi connectivity index (χ2n) is 7.16. The van der Waals surface area contributed by atoms with E-state index in [9.17, 15) is 9.59 Å². The highest BCUT2D eigenvalue weighted by Gasteiger charge is 2.23. The number of benzene rings is 1. The highest BCUT2D eigenvalue weighted by atomic mass is 35.5. The van der Waals surface area contributed by atoms with E-state index in [1.807, 2.05) is 31.2 Å². The van der Waals surface area contributed by atoms with Crippen LogP contribution < -0.4 is 10.6 Å². The van der Waals surface area contributed by atoms with Crippen molar-refractivity contribution >= 4 is 52.3 Å². The predicted octanol–water partition coefficient (Wildman–Crippen LogP) is 3.53. The molecule has 8 nitrogen and oxygen atoms in total. The SMILES string of the molecule is CC(=O)Nc1ccc(Nc2c(C(=O)N3CCOCC3)cnc3nc(C)ccc23)cc1.Cl. The zero-order chi connectivity index (χ0) is 21.1. The molecule has 162 valence electrons. The van der Waals surface area contributed by atoms with Crippen LogP contribution in [0.15, 0.2) is 42.6 Å². The molecule has 9 heteroatoms. The van der Waals surface area contributed by atoms with Crippen LogP contribution in [-0.4, -0.2) is 53.0 Å². The minimum absolute atomic E-state index is 0. The Balaban J connectivity index is 0.00000272. The van der Waals surface area contributed by atoms with Crippen molar-refractivity contribution in [3.05, 3.63) is 53.9 Å². The topological polar surface area (TPSA) is 96.5 Å². The van der Waals surface area contributed by atoms with E-state index in [1.54, 1.807) is 23.2 Å². The lowest BCUT2D eigenvalue weighted by atomic mass is 10.1. The summed E-state index contributed by atoms with van der Waals surface area (Å²) in [6.07, 6.45) is 1.58. The van der Waals surface area contributed by atoms with E-state index in [-0.39, 0.29) is 24.2 Å². The van der Waals surface area contributed by atoms with Crippen molar-refractivity contribution in [1.29, 1.82) is 0 Å². The van der Waals surface area contributed by atoms with E-state index < -0.39 is 0 Å². The Bertz CT molecular complexity index is 1100. The summed E-state index contributed by atoms with van der Waals surface area (Å²) in [7, 11) is 0. The summed E-state index contributed by atoms with van der Waals surface area (Å²) in [5.74, 6) is -0.221. The number of anilines is 3. The molecule has 3 heterocycles. The first-order valence-electron chi connectivity index (χ1n) is 9.79. The van der Waals surface area contributed by atoms with Gasteiger partial charge in [0.25, 0.3) is 5.91 Å². The van der Waals surface area contributed by atoms with Gasteiger partial charge in [0.1, 0.15) is 0 Å². The van der Waals surface area contributed by atoms with Crippen molar-refractivity contribution in [2.75, 3.05) is 36.9 Å². The smallest absolute Gasteiger partial charge is 0.257 e. The van der Waals surface area contributed by atoms with Gasteiger partial charge in [-0.2, -0.15) is 0 Å². The lowest BCUT2D eigenvalue weighted by molar-refractivity contribution is -0.114. The van der Waals surface area contributed by atoms with Crippen LogP contribution in [0.1, 0.15) is 23.0 Å². The van der Waals surface area contributed by atoms with Gasteiger partial charge in [0, 0.05) is 48.7 Å². The van der Waals surface area contributed by atoms with Gasteiger partial charge in [-0.1, -0.05) is 0 Å². The first kappa shape index (κ1) is 22.5. The molecule has 1 fully saturated rings. The van der Waals surface area contributed by atoms with Gasteiger partial charge in [-0.3, -0.25) is 9.59 Å². The number of halogens is 1. The maximum Gasteiger partial charge on any atom is 0.257 e. The number of hydrogen-bond acceptors (Lipinski definition) is 6. The van der Waals surface area contributed by atoms with Gasteiger partial charge >= 0.3 is 0 Å². The fourth-order valence-corrected chi connectivity index (χ4v) is 3.39. The second-order valence-corrected chi connectivity index (χ2v) is 7.16. The Hall–Kier alpha value is -3.23. The molecular weight excluding hydrogens is 418 g/mol. The third kappa shape index (κ3) is 5.10. The van der Waals surface area contributed by atoms with E-state index in [4.69, 9.17) is 4.74 Å². The summed E-state index contributed by atoms with van der Waals surface area (Å²) in [5.41, 5.74) is 4.07. The minimum atomic E-state index is -0.129. The largest absolute Gasteiger partial charge is 0.378 e. The molecule has 1 saturated heterocycles. The molecule has 1 aliphatic rings. The first-order valence-corrected chi connectivity index (χ1v) is 9.79. The number of carbonyl (C=O) groups is 2. The summed E-state index contributed by atoms with van der Waals surface area (Å²) >= 11 is 0. The number of nitrogens with zero attached hydrogens (tertiary/aromatic N) is 3. The zero-order valence-corrected chi connectivity index (χ0v) is 18.2. The predicted molar refractivity (Wildman–Crippen MR) is 122 cm³/mol. The summed E-state index contributed by atoms with van der Waals surface area (Å²) in [4.78, 5) is 35.2. The van der Waals surface area contributed by atoms with Gasteiger partial charge in [-0.25, -0.2) is 9.97 Å². The molecule has 0 atom stereocenters. The Morgan fingerprint density at radius 2 is 1.71 bits per heavy atom. The van der Waals surface area contributed by atoms with Crippen LogP contribution in [-0.2, 0) is 9.53 Å². The molecule has 0 saturated carbocycles. The molecule has 0 spiro atoms. The van der Waals surface area contributed by atoms with Crippen molar-refractivity contribution in [3.63, 3.8) is 0 Å². The van der Waals surface area contributed by atoms with Crippen LogP contribution >= 0.6 is 12.4 Å². The maximum atomic E-state index is 13.2. The number of aromatic nitrogens is 2. The Labute approximate surface area is 186 Å². The van der Waals surface area contributed by atoms with Gasteiger partial charge in [0.15, 0.2) is 5.65 Å². The summed E-state index contributed by atoms with van der Waals surface area (Å²) in [6, 6.07) is 11.1. The molecule has 2 amide bonds. The fraction of sp³-hybridized carbons (Fsp3) is 0.273. The van der Waals surface area contributed by atoms with Gasteiger partial charge in [0.05, 0.1) is 24.5 Å². The monoisotopic (exact) mass is 441 g/mol. The second kappa shape index (κ2) is 9.72. The molecule has 1 aromatic carbocycles.